The molecule has 7 heteroatoms. The van der Waals surface area contributed by atoms with Crippen molar-refractivity contribution in [1.29, 1.82) is 5.41 Å². The van der Waals surface area contributed by atoms with Crippen molar-refractivity contribution >= 4 is 35.1 Å². The normalized spacial score (nSPS) is 17.6. The predicted molar refractivity (Wildman–Crippen MR) is 109 cm³/mol. The van der Waals surface area contributed by atoms with E-state index in [-0.39, 0.29) is 11.9 Å². The number of benzene rings is 2. The molecule has 0 aliphatic carbocycles. The van der Waals surface area contributed by atoms with Crippen molar-refractivity contribution in [1.82, 2.24) is 4.90 Å². The SMILES string of the molecule is CN(C(=N)N)C(=O)C1CC(C)(C)Oc2ccc(-c3cc(Cl)cc(Cl)c3)cc21. The molecule has 1 heterocycles. The summed E-state index contributed by atoms with van der Waals surface area (Å²) in [5, 5.41) is 8.66. The van der Waals surface area contributed by atoms with Gasteiger partial charge in [0.25, 0.3) is 0 Å². The van der Waals surface area contributed by atoms with Gasteiger partial charge in [0, 0.05) is 29.1 Å². The predicted octanol–water partition coefficient (Wildman–Crippen LogP) is 4.66. The largest absolute Gasteiger partial charge is 0.488 e. The average molecular weight is 406 g/mol. The van der Waals surface area contributed by atoms with Gasteiger partial charge in [-0.05, 0) is 55.3 Å². The zero-order valence-corrected chi connectivity index (χ0v) is 16.9. The lowest BCUT2D eigenvalue weighted by Gasteiger charge is -2.38. The Kier molecular flexibility index (Phi) is 5.10. The van der Waals surface area contributed by atoms with Crippen LogP contribution in [-0.2, 0) is 4.79 Å². The monoisotopic (exact) mass is 405 g/mol. The van der Waals surface area contributed by atoms with Gasteiger partial charge in [0.1, 0.15) is 11.4 Å². The number of hydrogen-bond donors (Lipinski definition) is 2. The number of hydrogen-bond acceptors (Lipinski definition) is 3. The van der Waals surface area contributed by atoms with E-state index in [1.54, 1.807) is 6.07 Å². The van der Waals surface area contributed by atoms with Gasteiger partial charge in [-0.3, -0.25) is 15.1 Å². The van der Waals surface area contributed by atoms with Crippen molar-refractivity contribution in [3.63, 3.8) is 0 Å². The highest BCUT2D eigenvalue weighted by Gasteiger charge is 2.39. The summed E-state index contributed by atoms with van der Waals surface area (Å²) in [6.45, 7) is 3.88. The van der Waals surface area contributed by atoms with E-state index >= 15 is 0 Å². The first-order chi connectivity index (χ1) is 12.6. The fraction of sp³-hybridized carbons (Fsp3) is 0.300. The molecule has 2 aromatic rings. The Balaban J connectivity index is 2.10. The summed E-state index contributed by atoms with van der Waals surface area (Å²) in [5.41, 5.74) is 7.50. The summed E-state index contributed by atoms with van der Waals surface area (Å²) in [6.07, 6.45) is 0.482. The zero-order valence-electron chi connectivity index (χ0n) is 15.3. The van der Waals surface area contributed by atoms with E-state index in [2.05, 4.69) is 0 Å². The summed E-state index contributed by atoms with van der Waals surface area (Å²) in [5.74, 6) is -0.337. The number of nitrogens with two attached hydrogens (primary N) is 1. The standard InChI is InChI=1S/C20H21Cl2N3O2/c1-20(2)10-16(18(26)25(3)19(23)24)15-8-11(4-5-17(15)27-20)12-6-13(21)9-14(22)7-12/h4-9,16H,10H2,1-3H3,(H3,23,24). The van der Waals surface area contributed by atoms with Gasteiger partial charge in [-0.15, -0.1) is 0 Å². The minimum absolute atomic E-state index is 0.235. The van der Waals surface area contributed by atoms with Gasteiger partial charge in [-0.25, -0.2) is 0 Å². The Morgan fingerprint density at radius 1 is 1.19 bits per heavy atom. The Morgan fingerprint density at radius 3 is 2.41 bits per heavy atom. The fourth-order valence-electron chi connectivity index (χ4n) is 3.33. The van der Waals surface area contributed by atoms with E-state index in [4.69, 9.17) is 39.1 Å². The van der Waals surface area contributed by atoms with Crippen LogP contribution >= 0.6 is 23.2 Å². The van der Waals surface area contributed by atoms with E-state index in [0.717, 1.165) is 16.7 Å². The van der Waals surface area contributed by atoms with Crippen molar-refractivity contribution in [2.24, 2.45) is 5.73 Å². The number of nitrogens with zero attached hydrogens (tertiary/aromatic N) is 1. The van der Waals surface area contributed by atoms with E-state index in [0.29, 0.717) is 22.2 Å². The molecule has 27 heavy (non-hydrogen) atoms. The lowest BCUT2D eigenvalue weighted by molar-refractivity contribution is -0.130. The number of carbonyl (C=O) groups is 1. The van der Waals surface area contributed by atoms with Gasteiger partial charge in [-0.2, -0.15) is 0 Å². The number of guanidine groups is 1. The third-order valence-corrected chi connectivity index (χ3v) is 5.09. The maximum absolute atomic E-state index is 13.0. The van der Waals surface area contributed by atoms with Gasteiger partial charge in [0.15, 0.2) is 5.96 Å². The molecular formula is C20H21Cl2N3O2. The number of rotatable bonds is 2. The van der Waals surface area contributed by atoms with E-state index in [9.17, 15) is 4.79 Å². The lowest BCUT2D eigenvalue weighted by atomic mass is 9.82. The summed E-state index contributed by atoms with van der Waals surface area (Å²) < 4.78 is 6.07. The fourth-order valence-corrected chi connectivity index (χ4v) is 3.85. The second-order valence-electron chi connectivity index (χ2n) is 7.31. The molecule has 142 valence electrons. The number of fused-ring (bicyclic) bond motifs is 1. The molecular weight excluding hydrogens is 385 g/mol. The van der Waals surface area contributed by atoms with E-state index in [1.807, 2.05) is 44.2 Å². The molecule has 0 radical (unpaired) electrons. The maximum atomic E-state index is 13.0. The molecule has 5 nitrogen and oxygen atoms in total. The molecule has 2 aromatic carbocycles. The average Bonchev–Trinajstić information content (AvgIpc) is 2.57. The molecule has 3 rings (SSSR count). The third kappa shape index (κ3) is 4.04. The molecule has 0 spiro atoms. The van der Waals surface area contributed by atoms with Crippen LogP contribution in [0.4, 0.5) is 0 Å². The number of carbonyl (C=O) groups excluding carboxylic acids is 1. The van der Waals surface area contributed by atoms with Gasteiger partial charge < -0.3 is 10.5 Å². The van der Waals surface area contributed by atoms with Crippen molar-refractivity contribution in [2.45, 2.75) is 31.8 Å². The molecule has 1 aliphatic heterocycles. The molecule has 1 amide bonds. The van der Waals surface area contributed by atoms with Crippen LogP contribution in [0.3, 0.4) is 0 Å². The van der Waals surface area contributed by atoms with Crippen LogP contribution in [0.15, 0.2) is 36.4 Å². The Hall–Kier alpha value is -2.24. The van der Waals surface area contributed by atoms with Crippen molar-refractivity contribution < 1.29 is 9.53 Å². The van der Waals surface area contributed by atoms with E-state index < -0.39 is 11.5 Å². The summed E-state index contributed by atoms with van der Waals surface area (Å²) in [6, 6.07) is 11.0. The van der Waals surface area contributed by atoms with Crippen molar-refractivity contribution in [3.05, 3.63) is 52.0 Å². The highest BCUT2D eigenvalue weighted by Crippen LogP contribution is 2.43. The second-order valence-corrected chi connectivity index (χ2v) is 8.18. The number of halogens is 2. The van der Waals surface area contributed by atoms with Crippen LogP contribution in [0.1, 0.15) is 31.7 Å². The number of nitrogens with one attached hydrogen (secondary N) is 1. The number of amides is 1. The molecule has 1 atom stereocenters. The topological polar surface area (TPSA) is 79.4 Å². The molecule has 1 aliphatic rings. The molecule has 3 N–H and O–H groups in total. The van der Waals surface area contributed by atoms with Crippen LogP contribution in [0.5, 0.6) is 5.75 Å². The molecule has 0 saturated heterocycles. The maximum Gasteiger partial charge on any atom is 0.236 e. The van der Waals surface area contributed by atoms with Crippen LogP contribution in [0.25, 0.3) is 11.1 Å². The van der Waals surface area contributed by atoms with Gasteiger partial charge in [-0.1, -0.05) is 29.3 Å². The first-order valence-corrected chi connectivity index (χ1v) is 9.24. The smallest absolute Gasteiger partial charge is 0.236 e. The zero-order chi connectivity index (χ0) is 19.9. The minimum Gasteiger partial charge on any atom is -0.488 e. The quantitative estimate of drug-likeness (QED) is 0.563. The number of likely N-dealkylation sites (N-methyl/N-ethyl adjacent to an activating group) is 1. The number of ether oxygens (including phenoxy) is 1. The second kappa shape index (κ2) is 7.06. The van der Waals surface area contributed by atoms with Crippen LogP contribution in [0.2, 0.25) is 10.0 Å². The Labute approximate surface area is 168 Å². The molecule has 1 unspecified atom stereocenters. The van der Waals surface area contributed by atoms with Crippen LogP contribution < -0.4 is 10.5 Å². The highest BCUT2D eigenvalue weighted by molar-refractivity contribution is 6.35. The lowest BCUT2D eigenvalue weighted by Crippen LogP contribution is -2.45. The van der Waals surface area contributed by atoms with Gasteiger partial charge in [0.2, 0.25) is 5.91 Å². The van der Waals surface area contributed by atoms with Crippen molar-refractivity contribution in [3.8, 4) is 16.9 Å². The summed E-state index contributed by atoms with van der Waals surface area (Å²) in [7, 11) is 1.51. The van der Waals surface area contributed by atoms with Gasteiger partial charge >= 0.3 is 0 Å². The van der Waals surface area contributed by atoms with E-state index in [1.165, 1.54) is 11.9 Å². The highest BCUT2D eigenvalue weighted by atomic mass is 35.5. The Bertz CT molecular complexity index is 907. The van der Waals surface area contributed by atoms with Crippen LogP contribution in [-0.4, -0.2) is 29.4 Å². The Morgan fingerprint density at radius 2 is 1.81 bits per heavy atom. The minimum atomic E-state index is -0.508. The van der Waals surface area contributed by atoms with Crippen molar-refractivity contribution in [2.75, 3.05) is 7.05 Å². The first-order valence-electron chi connectivity index (χ1n) is 8.48. The molecule has 0 fully saturated rings. The third-order valence-electron chi connectivity index (χ3n) is 4.65. The first kappa shape index (κ1) is 19.5. The molecule has 0 bridgehead atoms. The molecule has 0 aromatic heterocycles. The molecule has 0 saturated carbocycles. The van der Waals surface area contributed by atoms with Gasteiger partial charge in [0.05, 0.1) is 5.92 Å². The summed E-state index contributed by atoms with van der Waals surface area (Å²) >= 11 is 12.3. The summed E-state index contributed by atoms with van der Waals surface area (Å²) in [4.78, 5) is 14.1. The van der Waals surface area contributed by atoms with Crippen LogP contribution in [0, 0.1) is 5.41 Å².